The van der Waals surface area contributed by atoms with Gasteiger partial charge in [0, 0.05) is 33.8 Å². The predicted octanol–water partition coefficient (Wildman–Crippen LogP) is 14.2. The fourth-order valence-electron chi connectivity index (χ4n) is 9.62. The molecule has 7 aromatic carbocycles. The molecule has 0 aliphatic heterocycles. The third-order valence-corrected chi connectivity index (χ3v) is 12.4. The van der Waals surface area contributed by atoms with Crippen LogP contribution in [0.5, 0.6) is 0 Å². The van der Waals surface area contributed by atoms with Gasteiger partial charge in [-0.1, -0.05) is 149 Å². The number of rotatable bonds is 4. The van der Waals surface area contributed by atoms with Crippen LogP contribution in [0.2, 0.25) is 0 Å². The van der Waals surface area contributed by atoms with Crippen LogP contribution in [0.25, 0.3) is 33.4 Å². The highest BCUT2D eigenvalue weighted by atomic mass is 15.1. The number of fused-ring (bicyclic) bond motifs is 9. The summed E-state index contributed by atoms with van der Waals surface area (Å²) in [4.78, 5) is 2.42. The molecule has 260 valence electrons. The monoisotopic (exact) mass is 685 g/mol. The van der Waals surface area contributed by atoms with Gasteiger partial charge in [-0.05, 0) is 129 Å². The Kier molecular flexibility index (Phi) is 7.65. The van der Waals surface area contributed by atoms with E-state index < -0.39 is 0 Å². The zero-order valence-corrected chi connectivity index (χ0v) is 32.0. The lowest BCUT2D eigenvalue weighted by Gasteiger charge is -2.33. The van der Waals surface area contributed by atoms with E-state index in [2.05, 4.69) is 205 Å². The average Bonchev–Trinajstić information content (AvgIpc) is 3.40. The van der Waals surface area contributed by atoms with Crippen molar-refractivity contribution in [3.8, 4) is 33.4 Å². The van der Waals surface area contributed by atoms with Gasteiger partial charge < -0.3 is 4.90 Å². The van der Waals surface area contributed by atoms with E-state index >= 15 is 0 Å². The molecule has 1 nitrogen and oxygen atoms in total. The molecule has 0 N–H and O–H groups in total. The third kappa shape index (κ3) is 5.12. The maximum Gasteiger partial charge on any atom is 0.0465 e. The van der Waals surface area contributed by atoms with Gasteiger partial charge in [-0.15, -0.1) is 0 Å². The number of anilines is 3. The number of hydrogen-bond acceptors (Lipinski definition) is 1. The maximum absolute atomic E-state index is 2.55. The first-order valence-corrected chi connectivity index (χ1v) is 19.1. The quantitative estimate of drug-likeness (QED) is 0.178. The molecular weight excluding hydrogens is 639 g/mol. The van der Waals surface area contributed by atoms with Crippen molar-refractivity contribution in [3.05, 3.63) is 196 Å². The van der Waals surface area contributed by atoms with Gasteiger partial charge in [-0.25, -0.2) is 0 Å². The van der Waals surface area contributed by atoms with E-state index in [1.807, 2.05) is 0 Å². The van der Waals surface area contributed by atoms with Gasteiger partial charge in [0.05, 0.1) is 0 Å². The van der Waals surface area contributed by atoms with Crippen LogP contribution in [0.1, 0.15) is 85.0 Å². The number of nitrogens with zero attached hydrogens (tertiary/aromatic N) is 1. The fourth-order valence-corrected chi connectivity index (χ4v) is 9.62. The molecule has 0 heterocycles. The zero-order chi connectivity index (χ0) is 36.6. The van der Waals surface area contributed by atoms with Crippen LogP contribution in [0.3, 0.4) is 0 Å². The second-order valence-electron chi connectivity index (χ2n) is 16.3. The van der Waals surface area contributed by atoms with Crippen molar-refractivity contribution in [2.45, 2.75) is 65.2 Å². The summed E-state index contributed by atoms with van der Waals surface area (Å²) in [6.45, 7) is 16.7. The molecule has 2 bridgehead atoms. The first-order chi connectivity index (χ1) is 25.6. The number of benzene rings is 7. The van der Waals surface area contributed by atoms with Crippen molar-refractivity contribution in [2.75, 3.05) is 4.90 Å². The molecular formula is C52H47N. The molecule has 0 spiro atoms. The standard InChI is InChI=1S/C52H47N/c1-33-21-25-38(26-22-33)53(39-27-23-37(24-28-39)36-15-9-8-10-16-36)40-29-30-43-45-32-47-35(3)49(50(45)52(6,7)48(43)31-40)44-19-12-11-17-41(44)34(2)42-18-13-14-20-46(42)51(47,4)5/h8-32,34H,1-7H3. The summed E-state index contributed by atoms with van der Waals surface area (Å²) in [6, 6.07) is 56.7. The fraction of sp³-hybridized carbons (Fsp3) is 0.192. The number of hydrogen-bond donors (Lipinski definition) is 0. The Morgan fingerprint density at radius 3 is 1.75 bits per heavy atom. The highest BCUT2D eigenvalue weighted by molar-refractivity contribution is 5.93. The van der Waals surface area contributed by atoms with E-state index in [-0.39, 0.29) is 16.7 Å². The summed E-state index contributed by atoms with van der Waals surface area (Å²) in [6.07, 6.45) is 0. The molecule has 0 amide bonds. The molecule has 7 aromatic rings. The van der Waals surface area contributed by atoms with Crippen molar-refractivity contribution >= 4 is 17.1 Å². The van der Waals surface area contributed by atoms with Gasteiger partial charge in [0.1, 0.15) is 0 Å². The molecule has 0 aromatic heterocycles. The molecule has 0 radical (unpaired) electrons. The lowest BCUT2D eigenvalue weighted by atomic mass is 9.70. The second-order valence-corrected chi connectivity index (χ2v) is 16.3. The molecule has 0 saturated carbocycles. The Balaban J connectivity index is 1.26. The van der Waals surface area contributed by atoms with Crippen LogP contribution < -0.4 is 4.90 Å². The van der Waals surface area contributed by atoms with Crippen molar-refractivity contribution in [1.82, 2.24) is 0 Å². The Labute approximate surface area is 315 Å². The topological polar surface area (TPSA) is 3.24 Å². The highest BCUT2D eigenvalue weighted by Gasteiger charge is 2.42. The third-order valence-electron chi connectivity index (χ3n) is 12.4. The molecule has 53 heavy (non-hydrogen) atoms. The molecule has 1 atom stereocenters. The lowest BCUT2D eigenvalue weighted by molar-refractivity contribution is 0.622. The van der Waals surface area contributed by atoms with Crippen molar-refractivity contribution < 1.29 is 0 Å². The van der Waals surface area contributed by atoms with Crippen LogP contribution in [0, 0.1) is 13.8 Å². The highest BCUT2D eigenvalue weighted by Crippen LogP contribution is 2.58. The van der Waals surface area contributed by atoms with Crippen LogP contribution in [0.15, 0.2) is 152 Å². The van der Waals surface area contributed by atoms with Crippen LogP contribution in [-0.2, 0) is 10.8 Å². The smallest absolute Gasteiger partial charge is 0.0465 e. The van der Waals surface area contributed by atoms with Gasteiger partial charge in [0.2, 0.25) is 0 Å². The first-order valence-electron chi connectivity index (χ1n) is 19.1. The van der Waals surface area contributed by atoms with E-state index in [0.29, 0.717) is 0 Å². The minimum Gasteiger partial charge on any atom is -0.310 e. The Bertz CT molecular complexity index is 2520. The minimum absolute atomic E-state index is 0.179. The van der Waals surface area contributed by atoms with Crippen LogP contribution >= 0.6 is 0 Å². The first kappa shape index (κ1) is 33.2. The zero-order valence-electron chi connectivity index (χ0n) is 32.0. The molecule has 2 aliphatic rings. The van der Waals surface area contributed by atoms with E-state index in [9.17, 15) is 0 Å². The van der Waals surface area contributed by atoms with Crippen molar-refractivity contribution in [3.63, 3.8) is 0 Å². The van der Waals surface area contributed by atoms with Gasteiger partial charge in [-0.3, -0.25) is 0 Å². The molecule has 0 fully saturated rings. The number of aryl methyl sites for hydroxylation is 1. The van der Waals surface area contributed by atoms with E-state index in [4.69, 9.17) is 0 Å². The summed E-state index contributed by atoms with van der Waals surface area (Å²) in [5, 5.41) is 0. The van der Waals surface area contributed by atoms with E-state index in [1.54, 1.807) is 0 Å². The van der Waals surface area contributed by atoms with Gasteiger partial charge in [0.15, 0.2) is 0 Å². The average molecular weight is 686 g/mol. The Morgan fingerprint density at radius 1 is 0.453 bits per heavy atom. The maximum atomic E-state index is 2.55. The van der Waals surface area contributed by atoms with Crippen molar-refractivity contribution in [1.29, 1.82) is 0 Å². The molecule has 9 rings (SSSR count). The molecule has 2 aliphatic carbocycles. The van der Waals surface area contributed by atoms with Gasteiger partial charge in [0.25, 0.3) is 0 Å². The second kappa shape index (κ2) is 12.2. The normalized spacial score (nSPS) is 15.9. The molecule has 0 saturated heterocycles. The SMILES string of the molecule is Cc1ccc(N(c2ccc(-c3ccccc3)cc2)c2ccc3c(c2)C(C)(C)c2c-3cc3c(C)c2-c2ccccc2C(C)c2ccccc2C3(C)C)cc1. The summed E-state index contributed by atoms with van der Waals surface area (Å²) in [7, 11) is 0. The summed E-state index contributed by atoms with van der Waals surface area (Å²) in [5.41, 5.74) is 22.1. The van der Waals surface area contributed by atoms with E-state index in [1.165, 1.54) is 83.6 Å². The molecule has 1 heteroatoms. The van der Waals surface area contributed by atoms with Crippen LogP contribution in [-0.4, -0.2) is 0 Å². The predicted molar refractivity (Wildman–Crippen MR) is 225 cm³/mol. The summed E-state index contributed by atoms with van der Waals surface area (Å²) < 4.78 is 0. The van der Waals surface area contributed by atoms with Crippen molar-refractivity contribution in [2.24, 2.45) is 0 Å². The Morgan fingerprint density at radius 2 is 1.04 bits per heavy atom. The van der Waals surface area contributed by atoms with Gasteiger partial charge >= 0.3 is 0 Å². The van der Waals surface area contributed by atoms with Gasteiger partial charge in [-0.2, -0.15) is 0 Å². The molecule has 1 unspecified atom stereocenters. The Hall–Kier alpha value is -5.66. The lowest BCUT2D eigenvalue weighted by Crippen LogP contribution is -2.24. The minimum atomic E-state index is -0.225. The summed E-state index contributed by atoms with van der Waals surface area (Å²) >= 11 is 0. The van der Waals surface area contributed by atoms with E-state index in [0.717, 1.165) is 11.4 Å². The summed E-state index contributed by atoms with van der Waals surface area (Å²) in [5.74, 6) is 0.265. The largest absolute Gasteiger partial charge is 0.310 e. The van der Waals surface area contributed by atoms with Crippen LogP contribution in [0.4, 0.5) is 17.1 Å².